The van der Waals surface area contributed by atoms with E-state index in [-0.39, 0.29) is 12.0 Å². The molecule has 0 bridgehead atoms. The lowest BCUT2D eigenvalue weighted by Gasteiger charge is -2.27. The third kappa shape index (κ3) is 5.41. The van der Waals surface area contributed by atoms with E-state index >= 15 is 0 Å². The van der Waals surface area contributed by atoms with Crippen molar-refractivity contribution in [3.05, 3.63) is 36.0 Å². The molecule has 11 heteroatoms. The fourth-order valence-corrected chi connectivity index (χ4v) is 4.03. The summed E-state index contributed by atoms with van der Waals surface area (Å²) >= 11 is 0. The summed E-state index contributed by atoms with van der Waals surface area (Å²) in [6.45, 7) is 4.71. The van der Waals surface area contributed by atoms with Crippen molar-refractivity contribution in [2.45, 2.75) is 52.2 Å². The maximum absolute atomic E-state index is 11.3. The van der Waals surface area contributed by atoms with Gasteiger partial charge in [0.15, 0.2) is 11.6 Å². The number of carboxylic acids is 1. The minimum atomic E-state index is -0.760. The maximum Gasteiger partial charge on any atom is 0.306 e. The highest BCUT2D eigenvalue weighted by molar-refractivity contribution is 5.70. The number of hydrogen-bond acceptors (Lipinski definition) is 9. The quantitative estimate of drug-likeness (QED) is 0.483. The van der Waals surface area contributed by atoms with E-state index in [0.29, 0.717) is 55.1 Å². The SMILES string of the molecule is CCOc1ccnc(NCc2c(-c3ncc(OC4CCCC(C(=O)O)C4)c(C)n3)cnn2C)n1. The fraction of sp³-hybridized carbons (Fsp3) is 0.478. The van der Waals surface area contributed by atoms with Gasteiger partial charge in [-0.2, -0.15) is 10.1 Å². The van der Waals surface area contributed by atoms with Gasteiger partial charge in [-0.15, -0.1) is 0 Å². The number of aliphatic carboxylic acids is 1. The lowest BCUT2D eigenvalue weighted by atomic mass is 9.87. The van der Waals surface area contributed by atoms with Crippen LogP contribution in [0.2, 0.25) is 0 Å². The van der Waals surface area contributed by atoms with Crippen LogP contribution in [0.3, 0.4) is 0 Å². The maximum atomic E-state index is 11.3. The zero-order valence-electron chi connectivity index (χ0n) is 19.6. The first-order valence-electron chi connectivity index (χ1n) is 11.4. The Labute approximate surface area is 197 Å². The van der Waals surface area contributed by atoms with Crippen LogP contribution in [0, 0.1) is 12.8 Å². The van der Waals surface area contributed by atoms with E-state index < -0.39 is 5.97 Å². The molecule has 0 aliphatic heterocycles. The highest BCUT2D eigenvalue weighted by Crippen LogP contribution is 2.30. The average molecular weight is 468 g/mol. The number of ether oxygens (including phenoxy) is 2. The van der Waals surface area contributed by atoms with Gasteiger partial charge < -0.3 is 19.9 Å². The van der Waals surface area contributed by atoms with Crippen molar-refractivity contribution in [3.63, 3.8) is 0 Å². The molecule has 3 aromatic heterocycles. The van der Waals surface area contributed by atoms with Crippen LogP contribution in [0.15, 0.2) is 24.7 Å². The predicted octanol–water partition coefficient (Wildman–Crippen LogP) is 3.01. The minimum Gasteiger partial charge on any atom is -0.487 e. The summed E-state index contributed by atoms with van der Waals surface area (Å²) < 4.78 is 13.3. The lowest BCUT2D eigenvalue weighted by Crippen LogP contribution is -2.29. The Morgan fingerprint density at radius 3 is 2.88 bits per heavy atom. The second-order valence-corrected chi connectivity index (χ2v) is 8.22. The van der Waals surface area contributed by atoms with Gasteiger partial charge in [-0.1, -0.05) is 0 Å². The van der Waals surface area contributed by atoms with Crippen LogP contribution >= 0.6 is 0 Å². The van der Waals surface area contributed by atoms with Crippen LogP contribution in [0.1, 0.15) is 44.0 Å². The summed E-state index contributed by atoms with van der Waals surface area (Å²) in [5.41, 5.74) is 2.35. The topological polar surface area (TPSA) is 137 Å². The molecular weight excluding hydrogens is 438 g/mol. The van der Waals surface area contributed by atoms with E-state index in [1.807, 2.05) is 20.9 Å². The number of hydrogen-bond donors (Lipinski definition) is 2. The predicted molar refractivity (Wildman–Crippen MR) is 124 cm³/mol. The van der Waals surface area contributed by atoms with E-state index in [0.717, 1.165) is 24.1 Å². The van der Waals surface area contributed by atoms with Gasteiger partial charge in [-0.25, -0.2) is 15.0 Å². The van der Waals surface area contributed by atoms with Crippen LogP contribution in [-0.4, -0.2) is 53.5 Å². The molecule has 180 valence electrons. The first kappa shape index (κ1) is 23.4. The van der Waals surface area contributed by atoms with Crippen molar-refractivity contribution < 1.29 is 19.4 Å². The molecule has 34 heavy (non-hydrogen) atoms. The van der Waals surface area contributed by atoms with Gasteiger partial charge in [0.05, 0.1) is 54.5 Å². The van der Waals surface area contributed by atoms with Crippen LogP contribution < -0.4 is 14.8 Å². The van der Waals surface area contributed by atoms with Crippen LogP contribution in [0.5, 0.6) is 11.6 Å². The van der Waals surface area contributed by atoms with E-state index in [4.69, 9.17) is 9.47 Å². The Bertz CT molecular complexity index is 1150. The van der Waals surface area contributed by atoms with Crippen LogP contribution in [-0.2, 0) is 18.4 Å². The number of carbonyl (C=O) groups is 1. The Hall–Kier alpha value is -3.76. The molecule has 4 rings (SSSR count). The molecule has 2 unspecified atom stereocenters. The Kier molecular flexibility index (Phi) is 7.19. The molecule has 2 atom stereocenters. The van der Waals surface area contributed by atoms with E-state index in [2.05, 4.69) is 30.4 Å². The minimum absolute atomic E-state index is 0.145. The number of nitrogens with one attached hydrogen (secondary N) is 1. The van der Waals surface area contributed by atoms with Crippen molar-refractivity contribution in [1.82, 2.24) is 29.7 Å². The number of rotatable bonds is 9. The summed E-state index contributed by atoms with van der Waals surface area (Å²) in [6.07, 6.45) is 7.74. The monoisotopic (exact) mass is 467 g/mol. The summed E-state index contributed by atoms with van der Waals surface area (Å²) in [7, 11) is 1.85. The molecule has 0 aromatic carbocycles. The summed E-state index contributed by atoms with van der Waals surface area (Å²) in [4.78, 5) is 29.1. The van der Waals surface area contributed by atoms with E-state index in [1.165, 1.54) is 0 Å². The van der Waals surface area contributed by atoms with E-state index in [9.17, 15) is 9.90 Å². The molecule has 3 heterocycles. The van der Waals surface area contributed by atoms with Gasteiger partial charge in [-0.05, 0) is 39.5 Å². The smallest absolute Gasteiger partial charge is 0.306 e. The number of nitrogens with zero attached hydrogens (tertiary/aromatic N) is 6. The molecule has 1 fully saturated rings. The van der Waals surface area contributed by atoms with Gasteiger partial charge in [0.2, 0.25) is 11.8 Å². The Balaban J connectivity index is 1.47. The van der Waals surface area contributed by atoms with Crippen LogP contribution in [0.4, 0.5) is 5.95 Å². The lowest BCUT2D eigenvalue weighted by molar-refractivity contribution is -0.143. The average Bonchev–Trinajstić information content (AvgIpc) is 3.20. The molecule has 0 saturated heterocycles. The number of anilines is 1. The van der Waals surface area contributed by atoms with Crippen molar-refractivity contribution in [2.75, 3.05) is 11.9 Å². The number of aromatic nitrogens is 6. The number of aryl methyl sites for hydroxylation is 2. The first-order valence-corrected chi connectivity index (χ1v) is 11.4. The van der Waals surface area contributed by atoms with Gasteiger partial charge in [0.25, 0.3) is 0 Å². The molecule has 1 saturated carbocycles. The second-order valence-electron chi connectivity index (χ2n) is 8.22. The highest BCUT2D eigenvalue weighted by Gasteiger charge is 2.28. The van der Waals surface area contributed by atoms with Crippen molar-refractivity contribution in [1.29, 1.82) is 0 Å². The standard InChI is InChI=1S/C23H29N7O4/c1-4-33-20-8-9-24-23(29-20)26-12-18-17(11-27-30(18)3)21-25-13-19(14(2)28-21)34-16-7-5-6-15(10-16)22(31)32/h8-9,11,13,15-16H,4-7,10,12H2,1-3H3,(H,31,32)(H,24,26,29). The van der Waals surface area contributed by atoms with Crippen molar-refractivity contribution >= 4 is 11.9 Å². The first-order chi connectivity index (χ1) is 16.4. The molecule has 0 spiro atoms. The van der Waals surface area contributed by atoms with Gasteiger partial charge in [-0.3, -0.25) is 9.48 Å². The van der Waals surface area contributed by atoms with Gasteiger partial charge in [0, 0.05) is 19.3 Å². The second kappa shape index (κ2) is 10.4. The normalized spacial score (nSPS) is 17.9. The zero-order chi connectivity index (χ0) is 24.1. The Morgan fingerprint density at radius 1 is 1.26 bits per heavy atom. The summed E-state index contributed by atoms with van der Waals surface area (Å²) in [6, 6.07) is 1.71. The molecule has 11 nitrogen and oxygen atoms in total. The summed E-state index contributed by atoms with van der Waals surface area (Å²) in [5, 5.41) is 16.9. The Morgan fingerprint density at radius 2 is 2.12 bits per heavy atom. The van der Waals surface area contributed by atoms with Crippen LogP contribution in [0.25, 0.3) is 11.4 Å². The number of carboxylic acid groups (broad SMARTS) is 1. The molecule has 0 amide bonds. The van der Waals surface area contributed by atoms with Gasteiger partial charge >= 0.3 is 5.97 Å². The van der Waals surface area contributed by atoms with Gasteiger partial charge in [0.1, 0.15) is 0 Å². The zero-order valence-corrected chi connectivity index (χ0v) is 19.6. The fourth-order valence-electron chi connectivity index (χ4n) is 4.03. The molecule has 1 aliphatic rings. The van der Waals surface area contributed by atoms with Crippen molar-refractivity contribution in [3.8, 4) is 23.0 Å². The van der Waals surface area contributed by atoms with E-state index in [1.54, 1.807) is 29.3 Å². The highest BCUT2D eigenvalue weighted by atomic mass is 16.5. The molecule has 0 radical (unpaired) electrons. The third-order valence-electron chi connectivity index (χ3n) is 5.84. The molecule has 3 aromatic rings. The molecular formula is C23H29N7O4. The molecule has 1 aliphatic carbocycles. The third-order valence-corrected chi connectivity index (χ3v) is 5.84. The van der Waals surface area contributed by atoms with Crippen molar-refractivity contribution in [2.24, 2.45) is 13.0 Å². The molecule has 2 N–H and O–H groups in total. The largest absolute Gasteiger partial charge is 0.487 e. The summed E-state index contributed by atoms with van der Waals surface area (Å²) in [5.74, 6) is 0.945.